The molecule has 3 nitrogen and oxygen atoms in total. The van der Waals surface area contributed by atoms with Gasteiger partial charge in [0.15, 0.2) is 0 Å². The number of hydrogen-bond acceptors (Lipinski definition) is 3. The summed E-state index contributed by atoms with van der Waals surface area (Å²) in [7, 11) is 0. The van der Waals surface area contributed by atoms with Gasteiger partial charge in [-0.25, -0.2) is 0 Å². The molecule has 0 heterocycles. The van der Waals surface area contributed by atoms with Crippen LogP contribution in [0.1, 0.15) is 86.5 Å². The van der Waals surface area contributed by atoms with Gasteiger partial charge in [0.1, 0.15) is 0 Å². The van der Waals surface area contributed by atoms with Crippen molar-refractivity contribution in [2.24, 2.45) is 23.7 Å². The van der Waals surface area contributed by atoms with Crippen LogP contribution < -0.4 is 0 Å². The second-order valence-electron chi connectivity index (χ2n) is 10.5. The molecule has 0 radical (unpaired) electrons. The number of hydrogen-bond donors (Lipinski definition) is 2. The fraction of sp³-hybridized carbons (Fsp3) is 0.786. The first-order chi connectivity index (χ1) is 14.7. The Bertz CT molecular complexity index is 646. The zero-order valence-corrected chi connectivity index (χ0v) is 20.8. The number of aliphatic hydroxyl groups is 2. The van der Waals surface area contributed by atoms with Crippen molar-refractivity contribution in [2.45, 2.75) is 111 Å². The van der Waals surface area contributed by atoms with E-state index in [2.05, 4.69) is 56.6 Å². The van der Waals surface area contributed by atoms with E-state index in [0.717, 1.165) is 12.8 Å². The second kappa shape index (κ2) is 12.8. The quantitative estimate of drug-likeness (QED) is 0.242. The lowest BCUT2D eigenvalue weighted by Gasteiger charge is -2.30. The highest BCUT2D eigenvalue weighted by molar-refractivity contribution is 5.21. The van der Waals surface area contributed by atoms with Crippen LogP contribution >= 0.6 is 0 Å². The smallest absolute Gasteiger partial charge is 0.0755 e. The first-order valence-corrected chi connectivity index (χ1v) is 12.6. The van der Waals surface area contributed by atoms with Crippen LogP contribution in [0.5, 0.6) is 0 Å². The summed E-state index contributed by atoms with van der Waals surface area (Å²) in [6.45, 7) is 14.2. The normalized spacial score (nSPS) is 27.6. The molecule has 3 heteroatoms. The molecule has 1 saturated carbocycles. The highest BCUT2D eigenvalue weighted by Crippen LogP contribution is 2.48. The molecule has 1 fully saturated rings. The summed E-state index contributed by atoms with van der Waals surface area (Å²) in [6.07, 6.45) is 13.4. The molecule has 0 bridgehead atoms. The number of unbranched alkanes of at least 4 members (excludes halogenated alkanes) is 2. The van der Waals surface area contributed by atoms with E-state index in [9.17, 15) is 10.2 Å². The maximum absolute atomic E-state index is 10.6. The molecule has 0 unspecified atom stereocenters. The van der Waals surface area contributed by atoms with Crippen LogP contribution in [0.3, 0.4) is 0 Å². The van der Waals surface area contributed by atoms with Crippen LogP contribution in [0.2, 0.25) is 0 Å². The average molecular weight is 430 g/mol. The average Bonchev–Trinajstić information content (AvgIpc) is 3.22. The number of allylic oxidation sites excluding steroid dienone is 2. The number of aliphatic hydroxyl groups excluding tert-OH is 2. The highest BCUT2D eigenvalue weighted by atomic mass is 16.3. The van der Waals surface area contributed by atoms with Crippen molar-refractivity contribution < 1.29 is 10.2 Å². The molecule has 0 aromatic rings. The molecule has 2 rings (SSSR count). The van der Waals surface area contributed by atoms with Crippen LogP contribution in [-0.4, -0.2) is 45.9 Å². The van der Waals surface area contributed by atoms with Crippen molar-refractivity contribution in [1.82, 2.24) is 4.90 Å². The SMILES string of the molecule is CC#CC[C@@H](C)[C@H](O)/C=C/[C@@H]1[C@H]2CC(CCCCCN(C(C)C)C(C)C)=C[C@H]2C[C@H]1O. The van der Waals surface area contributed by atoms with Crippen LogP contribution in [0.4, 0.5) is 0 Å². The highest BCUT2D eigenvalue weighted by Gasteiger charge is 2.43. The molecule has 0 aromatic heterocycles. The van der Waals surface area contributed by atoms with Gasteiger partial charge in [-0.15, -0.1) is 11.8 Å². The van der Waals surface area contributed by atoms with Gasteiger partial charge >= 0.3 is 0 Å². The predicted octanol–water partition coefficient (Wildman–Crippen LogP) is 5.58. The van der Waals surface area contributed by atoms with Gasteiger partial charge in [0.25, 0.3) is 0 Å². The molecule has 0 saturated heterocycles. The van der Waals surface area contributed by atoms with E-state index in [4.69, 9.17) is 0 Å². The summed E-state index contributed by atoms with van der Waals surface area (Å²) >= 11 is 0. The molecule has 176 valence electrons. The molecule has 2 aliphatic carbocycles. The van der Waals surface area contributed by atoms with E-state index in [1.165, 1.54) is 32.2 Å². The van der Waals surface area contributed by atoms with Crippen molar-refractivity contribution in [1.29, 1.82) is 0 Å². The number of fused-ring (bicyclic) bond motifs is 1. The first kappa shape index (κ1) is 26.2. The van der Waals surface area contributed by atoms with Gasteiger partial charge in [-0.1, -0.05) is 37.1 Å². The van der Waals surface area contributed by atoms with E-state index < -0.39 is 6.10 Å². The van der Waals surface area contributed by atoms with Crippen molar-refractivity contribution in [3.8, 4) is 11.8 Å². The summed E-state index contributed by atoms with van der Waals surface area (Å²) in [5.41, 5.74) is 1.59. The molecule has 0 spiro atoms. The molecule has 31 heavy (non-hydrogen) atoms. The van der Waals surface area contributed by atoms with E-state index in [0.29, 0.717) is 30.3 Å². The minimum absolute atomic E-state index is 0.123. The minimum Gasteiger partial charge on any atom is -0.392 e. The van der Waals surface area contributed by atoms with Gasteiger partial charge in [0.05, 0.1) is 12.2 Å². The lowest BCUT2D eigenvalue weighted by atomic mass is 9.88. The second-order valence-corrected chi connectivity index (χ2v) is 10.5. The zero-order valence-electron chi connectivity index (χ0n) is 20.8. The third-order valence-electron chi connectivity index (χ3n) is 7.41. The fourth-order valence-electron chi connectivity index (χ4n) is 5.54. The topological polar surface area (TPSA) is 43.7 Å². The van der Waals surface area contributed by atoms with Gasteiger partial charge in [-0.05, 0) is 91.0 Å². The molecular weight excluding hydrogens is 382 g/mol. The van der Waals surface area contributed by atoms with Crippen molar-refractivity contribution in [3.63, 3.8) is 0 Å². The van der Waals surface area contributed by atoms with Gasteiger partial charge in [0.2, 0.25) is 0 Å². The van der Waals surface area contributed by atoms with Crippen molar-refractivity contribution >= 4 is 0 Å². The largest absolute Gasteiger partial charge is 0.392 e. The van der Waals surface area contributed by atoms with Crippen LogP contribution in [-0.2, 0) is 0 Å². The third-order valence-corrected chi connectivity index (χ3v) is 7.41. The molecule has 2 N–H and O–H groups in total. The molecular formula is C28H47NO2. The van der Waals surface area contributed by atoms with Crippen LogP contribution in [0.15, 0.2) is 23.8 Å². The zero-order chi connectivity index (χ0) is 23.0. The molecule has 0 aromatic carbocycles. The minimum atomic E-state index is -0.489. The van der Waals surface area contributed by atoms with E-state index in [1.807, 2.05) is 19.9 Å². The first-order valence-electron chi connectivity index (χ1n) is 12.6. The van der Waals surface area contributed by atoms with Gasteiger partial charge < -0.3 is 10.2 Å². The lowest BCUT2D eigenvalue weighted by molar-refractivity contribution is 0.137. The predicted molar refractivity (Wildman–Crippen MR) is 132 cm³/mol. The Labute approximate surface area is 192 Å². The molecule has 6 atom stereocenters. The standard InChI is InChI=1S/C28H47NO2/c1-7-8-12-22(6)27(30)15-14-25-26-18-23(17-24(26)19-28(25)31)13-10-9-11-16-29(20(2)3)21(4)5/h14-15,17,20-22,24-28,30-31H,9-13,16,18-19H2,1-6H3/b15-14+/t22-,24+,25-,26+,27-,28-/m1/s1. The number of nitrogens with zero attached hydrogens (tertiary/aromatic N) is 1. The Hall–Kier alpha value is -1.08. The summed E-state index contributed by atoms with van der Waals surface area (Å²) in [5, 5.41) is 21.0. The Morgan fingerprint density at radius 3 is 2.48 bits per heavy atom. The van der Waals surface area contributed by atoms with Gasteiger partial charge in [-0.2, -0.15) is 0 Å². The number of rotatable bonds is 12. The van der Waals surface area contributed by atoms with E-state index >= 15 is 0 Å². The Balaban J connectivity index is 1.77. The Morgan fingerprint density at radius 2 is 1.84 bits per heavy atom. The van der Waals surface area contributed by atoms with Crippen molar-refractivity contribution in [3.05, 3.63) is 23.8 Å². The fourth-order valence-corrected chi connectivity index (χ4v) is 5.54. The Kier molecular flexibility index (Phi) is 10.8. The molecule has 0 aliphatic heterocycles. The van der Waals surface area contributed by atoms with Crippen LogP contribution in [0.25, 0.3) is 0 Å². The lowest BCUT2D eigenvalue weighted by Crippen LogP contribution is -2.37. The maximum atomic E-state index is 10.6. The molecule has 2 aliphatic rings. The van der Waals surface area contributed by atoms with Gasteiger partial charge in [0, 0.05) is 24.4 Å². The monoisotopic (exact) mass is 429 g/mol. The third kappa shape index (κ3) is 7.77. The van der Waals surface area contributed by atoms with E-state index in [-0.39, 0.29) is 17.9 Å². The van der Waals surface area contributed by atoms with Gasteiger partial charge in [-0.3, -0.25) is 4.90 Å². The van der Waals surface area contributed by atoms with Crippen LogP contribution in [0, 0.1) is 35.5 Å². The maximum Gasteiger partial charge on any atom is 0.0755 e. The summed E-state index contributed by atoms with van der Waals surface area (Å²) in [4.78, 5) is 2.58. The summed E-state index contributed by atoms with van der Waals surface area (Å²) in [5.74, 6) is 7.26. The van der Waals surface area contributed by atoms with E-state index in [1.54, 1.807) is 5.57 Å². The van der Waals surface area contributed by atoms with Crippen molar-refractivity contribution in [2.75, 3.05) is 6.54 Å². The summed E-state index contributed by atoms with van der Waals surface area (Å²) in [6, 6.07) is 1.24. The molecule has 0 amide bonds. The Morgan fingerprint density at radius 1 is 1.13 bits per heavy atom. The summed E-state index contributed by atoms with van der Waals surface area (Å²) < 4.78 is 0.